The van der Waals surface area contributed by atoms with Gasteiger partial charge in [-0.05, 0) is 48.4 Å². The fraction of sp³-hybridized carbons (Fsp3) is 0.143. The number of fused-ring (bicyclic) bond motifs is 1. The van der Waals surface area contributed by atoms with E-state index in [0.29, 0.717) is 29.5 Å². The SMILES string of the molecule is C=CCOc1cc(Br)c(/C=C(/C#N)c2nc3ccc(C)cc3[nH]2)cc1OC. The van der Waals surface area contributed by atoms with Crippen LogP contribution in [0.2, 0.25) is 0 Å². The molecule has 0 unspecified atom stereocenters. The van der Waals surface area contributed by atoms with Crippen molar-refractivity contribution >= 4 is 38.6 Å². The van der Waals surface area contributed by atoms with Gasteiger partial charge in [-0.25, -0.2) is 4.98 Å². The molecule has 1 aromatic heterocycles. The molecule has 0 fully saturated rings. The van der Waals surface area contributed by atoms with Crippen LogP contribution in [0.3, 0.4) is 0 Å². The van der Waals surface area contributed by atoms with Crippen molar-refractivity contribution in [2.24, 2.45) is 0 Å². The highest BCUT2D eigenvalue weighted by atomic mass is 79.9. The number of aromatic amines is 1. The Balaban J connectivity index is 2.04. The molecule has 6 heteroatoms. The molecule has 0 amide bonds. The molecule has 1 heterocycles. The normalized spacial score (nSPS) is 11.3. The van der Waals surface area contributed by atoms with Crippen LogP contribution in [0.25, 0.3) is 22.7 Å². The molecule has 1 N–H and O–H groups in total. The fourth-order valence-corrected chi connectivity index (χ4v) is 3.08. The van der Waals surface area contributed by atoms with Crippen molar-refractivity contribution in [1.82, 2.24) is 9.97 Å². The lowest BCUT2D eigenvalue weighted by Gasteiger charge is -2.11. The summed E-state index contributed by atoms with van der Waals surface area (Å²) in [6.45, 7) is 6.03. The first-order valence-electron chi connectivity index (χ1n) is 8.25. The van der Waals surface area contributed by atoms with Crippen LogP contribution in [0.15, 0.2) is 47.5 Å². The van der Waals surface area contributed by atoms with E-state index < -0.39 is 0 Å². The minimum Gasteiger partial charge on any atom is -0.493 e. The van der Waals surface area contributed by atoms with Crippen LogP contribution >= 0.6 is 15.9 Å². The van der Waals surface area contributed by atoms with Gasteiger partial charge in [0.25, 0.3) is 0 Å². The molecule has 0 saturated heterocycles. The quantitative estimate of drug-likeness (QED) is 0.432. The number of halogens is 1. The Morgan fingerprint density at radius 1 is 1.33 bits per heavy atom. The monoisotopic (exact) mass is 423 g/mol. The maximum absolute atomic E-state index is 9.65. The third-order valence-corrected chi connectivity index (χ3v) is 4.64. The number of aryl methyl sites for hydroxylation is 1. The smallest absolute Gasteiger partial charge is 0.162 e. The molecular formula is C21H18BrN3O2. The molecule has 0 radical (unpaired) electrons. The van der Waals surface area contributed by atoms with Crippen LogP contribution in [0, 0.1) is 18.3 Å². The van der Waals surface area contributed by atoms with Crippen LogP contribution in [-0.4, -0.2) is 23.7 Å². The maximum atomic E-state index is 9.65. The van der Waals surface area contributed by atoms with Gasteiger partial charge in [0.1, 0.15) is 18.5 Å². The molecular weight excluding hydrogens is 406 g/mol. The third-order valence-electron chi connectivity index (χ3n) is 3.95. The number of methoxy groups -OCH3 is 1. The molecule has 0 aliphatic carbocycles. The first-order valence-corrected chi connectivity index (χ1v) is 9.04. The summed E-state index contributed by atoms with van der Waals surface area (Å²) in [7, 11) is 1.57. The Morgan fingerprint density at radius 3 is 2.85 bits per heavy atom. The van der Waals surface area contributed by atoms with Crippen LogP contribution < -0.4 is 9.47 Å². The van der Waals surface area contributed by atoms with E-state index in [1.165, 1.54) is 0 Å². The summed E-state index contributed by atoms with van der Waals surface area (Å²) in [5, 5.41) is 9.65. The first kappa shape index (κ1) is 18.7. The van der Waals surface area contributed by atoms with E-state index in [1.807, 2.05) is 37.3 Å². The second-order valence-electron chi connectivity index (χ2n) is 5.90. The zero-order valence-corrected chi connectivity index (χ0v) is 16.6. The molecule has 5 nitrogen and oxygen atoms in total. The predicted molar refractivity (Wildman–Crippen MR) is 111 cm³/mol. The molecule has 3 aromatic rings. The molecule has 136 valence electrons. The van der Waals surface area contributed by atoms with Gasteiger partial charge in [0.15, 0.2) is 11.5 Å². The molecule has 0 aliphatic heterocycles. The third kappa shape index (κ3) is 4.04. The molecule has 27 heavy (non-hydrogen) atoms. The van der Waals surface area contributed by atoms with Gasteiger partial charge in [-0.15, -0.1) is 0 Å². The second kappa shape index (κ2) is 8.11. The van der Waals surface area contributed by atoms with Crippen molar-refractivity contribution in [3.05, 3.63) is 64.4 Å². The summed E-state index contributed by atoms with van der Waals surface area (Å²) in [5.41, 5.74) is 4.05. The van der Waals surface area contributed by atoms with Gasteiger partial charge < -0.3 is 14.5 Å². The highest BCUT2D eigenvalue weighted by Crippen LogP contribution is 2.35. The number of aromatic nitrogens is 2. The average molecular weight is 424 g/mol. The summed E-state index contributed by atoms with van der Waals surface area (Å²) in [5.74, 6) is 1.69. The molecule has 0 spiro atoms. The number of benzene rings is 2. The van der Waals surface area contributed by atoms with Crippen LogP contribution in [-0.2, 0) is 0 Å². The molecule has 0 aliphatic rings. The van der Waals surface area contributed by atoms with E-state index in [-0.39, 0.29) is 0 Å². The van der Waals surface area contributed by atoms with Crippen molar-refractivity contribution < 1.29 is 9.47 Å². The number of rotatable bonds is 6. The average Bonchev–Trinajstić information content (AvgIpc) is 3.08. The number of hydrogen-bond donors (Lipinski definition) is 1. The van der Waals surface area contributed by atoms with Crippen LogP contribution in [0.4, 0.5) is 0 Å². The summed E-state index contributed by atoms with van der Waals surface area (Å²) in [6.07, 6.45) is 3.42. The Hall–Kier alpha value is -3.04. The lowest BCUT2D eigenvalue weighted by atomic mass is 10.1. The summed E-state index contributed by atoms with van der Waals surface area (Å²) in [4.78, 5) is 7.73. The van der Waals surface area contributed by atoms with E-state index in [9.17, 15) is 5.26 Å². The molecule has 0 saturated carbocycles. The van der Waals surface area contributed by atoms with Crippen molar-refractivity contribution in [3.63, 3.8) is 0 Å². The van der Waals surface area contributed by atoms with Crippen molar-refractivity contribution in [3.8, 4) is 17.6 Å². The minimum absolute atomic E-state index is 0.375. The molecule has 0 bridgehead atoms. The summed E-state index contributed by atoms with van der Waals surface area (Å²) >= 11 is 3.53. The number of nitrogens with one attached hydrogen (secondary N) is 1. The molecule has 3 rings (SSSR count). The van der Waals surface area contributed by atoms with Crippen molar-refractivity contribution in [2.75, 3.05) is 13.7 Å². The predicted octanol–water partition coefficient (Wildman–Crippen LogP) is 5.27. The van der Waals surface area contributed by atoms with E-state index in [1.54, 1.807) is 19.3 Å². The lowest BCUT2D eigenvalue weighted by Crippen LogP contribution is -1.97. The van der Waals surface area contributed by atoms with Gasteiger partial charge >= 0.3 is 0 Å². The number of nitrogens with zero attached hydrogens (tertiary/aromatic N) is 2. The second-order valence-corrected chi connectivity index (χ2v) is 6.75. The number of ether oxygens (including phenoxy) is 2. The zero-order valence-electron chi connectivity index (χ0n) is 15.0. The van der Waals surface area contributed by atoms with Gasteiger partial charge in [0.2, 0.25) is 0 Å². The number of allylic oxidation sites excluding steroid dienone is 1. The Kier molecular flexibility index (Phi) is 5.63. The largest absolute Gasteiger partial charge is 0.493 e. The van der Waals surface area contributed by atoms with E-state index in [2.05, 4.69) is 38.5 Å². The van der Waals surface area contributed by atoms with Crippen LogP contribution in [0.1, 0.15) is 17.0 Å². The van der Waals surface area contributed by atoms with Crippen molar-refractivity contribution in [1.29, 1.82) is 5.26 Å². The number of H-pyrrole nitrogens is 1. The topological polar surface area (TPSA) is 70.9 Å². The van der Waals surface area contributed by atoms with Gasteiger partial charge in [-0.1, -0.05) is 34.7 Å². The summed E-state index contributed by atoms with van der Waals surface area (Å²) in [6, 6.07) is 11.8. The maximum Gasteiger partial charge on any atom is 0.162 e. The zero-order chi connectivity index (χ0) is 19.4. The lowest BCUT2D eigenvalue weighted by molar-refractivity contribution is 0.326. The van der Waals surface area contributed by atoms with E-state index in [4.69, 9.17) is 9.47 Å². The van der Waals surface area contributed by atoms with Crippen molar-refractivity contribution in [2.45, 2.75) is 6.92 Å². The Morgan fingerprint density at radius 2 is 2.15 bits per heavy atom. The Labute approximate surface area is 166 Å². The number of nitriles is 1. The van der Waals surface area contributed by atoms with Gasteiger partial charge in [-0.2, -0.15) is 5.26 Å². The highest BCUT2D eigenvalue weighted by molar-refractivity contribution is 9.10. The van der Waals surface area contributed by atoms with Crippen LogP contribution in [0.5, 0.6) is 11.5 Å². The van der Waals surface area contributed by atoms with Gasteiger partial charge in [0.05, 0.1) is 23.7 Å². The fourth-order valence-electron chi connectivity index (χ4n) is 2.64. The van der Waals surface area contributed by atoms with E-state index >= 15 is 0 Å². The van der Waals surface area contributed by atoms with E-state index in [0.717, 1.165) is 26.6 Å². The Bertz CT molecular complexity index is 1080. The number of imidazole rings is 1. The highest BCUT2D eigenvalue weighted by Gasteiger charge is 2.12. The molecule has 0 atom stereocenters. The summed E-state index contributed by atoms with van der Waals surface area (Å²) < 4.78 is 11.8. The standard InChI is InChI=1S/C21H18BrN3O2/c1-4-7-27-20-11-16(22)14(10-19(20)26-3)9-15(12-23)21-24-17-6-5-13(2)8-18(17)25-21/h4-6,8-11H,1,7H2,2-3H3,(H,24,25)/b15-9-. The van der Waals surface area contributed by atoms with Gasteiger partial charge in [-0.3, -0.25) is 0 Å². The molecule has 2 aromatic carbocycles. The minimum atomic E-state index is 0.375. The van der Waals surface area contributed by atoms with Gasteiger partial charge in [0, 0.05) is 4.47 Å². The number of hydrogen-bond acceptors (Lipinski definition) is 4. The first-order chi connectivity index (χ1) is 13.0.